The fourth-order valence-corrected chi connectivity index (χ4v) is 4.09. The van der Waals surface area contributed by atoms with E-state index in [1.165, 1.54) is 0 Å². The van der Waals surface area contributed by atoms with Crippen LogP contribution in [0.15, 0.2) is 12.3 Å². The summed E-state index contributed by atoms with van der Waals surface area (Å²) in [6.45, 7) is -5.10. The lowest BCUT2D eigenvalue weighted by Gasteiger charge is -2.42. The monoisotopic (exact) mass is 732 g/mol. The Hall–Kier alpha value is -1.80. The van der Waals surface area contributed by atoms with Gasteiger partial charge in [0.15, 0.2) is 12.3 Å². The highest BCUT2D eigenvalue weighted by atomic mass is 28.4. The molecule has 0 heterocycles. The van der Waals surface area contributed by atoms with E-state index in [4.69, 9.17) is 0 Å². The highest BCUT2D eigenvalue weighted by Gasteiger charge is 2.85. The van der Waals surface area contributed by atoms with Crippen LogP contribution < -0.4 is 0 Å². The van der Waals surface area contributed by atoms with Crippen LogP contribution in [0, 0.1) is 0 Å². The van der Waals surface area contributed by atoms with Crippen molar-refractivity contribution >= 4 is 8.56 Å². The van der Waals surface area contributed by atoms with Crippen LogP contribution in [0.25, 0.3) is 0 Å². The summed E-state index contributed by atoms with van der Waals surface area (Å²) >= 11 is 0. The molecule has 44 heavy (non-hydrogen) atoms. The fourth-order valence-electron chi connectivity index (χ4n) is 2.78. The topological polar surface area (TPSA) is 18.5 Å². The molecule has 0 aliphatic rings. The van der Waals surface area contributed by atoms with Gasteiger partial charge in [0.1, 0.15) is 0 Å². The third-order valence-corrected chi connectivity index (χ3v) is 7.78. The van der Waals surface area contributed by atoms with Gasteiger partial charge >= 0.3 is 57.0 Å². The Morgan fingerprint density at radius 2 is 0.682 bits per heavy atom. The van der Waals surface area contributed by atoms with Crippen LogP contribution in [0.4, 0.5) is 105 Å². The molecule has 0 aliphatic heterocycles. The molecule has 0 aliphatic carbocycles. The van der Waals surface area contributed by atoms with Crippen LogP contribution in [-0.4, -0.2) is 93.9 Å². The molecule has 0 bridgehead atoms. The van der Waals surface area contributed by atoms with Crippen LogP contribution in [0.1, 0.15) is 0 Å². The van der Waals surface area contributed by atoms with Gasteiger partial charge in [-0.15, -0.1) is 6.58 Å². The Kier molecular flexibility index (Phi) is 11.3. The zero-order chi connectivity index (χ0) is 36.2. The number of hydrogen-bond acceptors (Lipinski definition) is 2. The Bertz CT molecular complexity index is 890. The van der Waals surface area contributed by atoms with Crippen LogP contribution in [-0.2, 0) is 8.85 Å². The standard InChI is InChI=1S/C17H12F24O2Si/c1-3-44(2,42-4-8(20,12(24,25)26)6(18)10(22,14(30,31)32)15(33,34)35)43-5-9(21,13(27,28)29)7(19)11(23,16(36,37)38)17(39,40)41/h3,6-7H,1,4-5H2,2H3. The van der Waals surface area contributed by atoms with Crippen molar-refractivity contribution in [2.24, 2.45) is 0 Å². The lowest BCUT2D eigenvalue weighted by molar-refractivity contribution is -0.384. The lowest BCUT2D eigenvalue weighted by Crippen LogP contribution is -2.70. The van der Waals surface area contributed by atoms with Gasteiger partial charge < -0.3 is 8.85 Å². The maximum atomic E-state index is 14.6. The van der Waals surface area contributed by atoms with Gasteiger partial charge in [0.05, 0.1) is 13.2 Å². The summed E-state index contributed by atoms with van der Waals surface area (Å²) < 4.78 is 324. The first kappa shape index (κ1) is 42.2. The predicted molar refractivity (Wildman–Crippen MR) is 95.2 cm³/mol. The van der Waals surface area contributed by atoms with Crippen molar-refractivity contribution < 1.29 is 114 Å². The molecule has 0 aromatic carbocycles. The van der Waals surface area contributed by atoms with Crippen LogP contribution in [0.2, 0.25) is 6.55 Å². The Morgan fingerprint density at radius 1 is 0.477 bits per heavy atom. The van der Waals surface area contributed by atoms with Crippen molar-refractivity contribution in [2.75, 3.05) is 13.2 Å². The van der Waals surface area contributed by atoms with E-state index in [1.54, 1.807) is 0 Å². The van der Waals surface area contributed by atoms with E-state index in [9.17, 15) is 105 Å². The SMILES string of the molecule is C=C[Si](C)(OCC(F)(C(F)C(F)(C(F)(F)F)C(F)(F)F)C(F)(F)F)OCC(F)(C(F)C(F)(C(F)(F)F)C(F)(F)F)C(F)(F)F. The number of alkyl halides is 24. The summed E-state index contributed by atoms with van der Waals surface area (Å²) in [4.78, 5) is 0. The van der Waals surface area contributed by atoms with E-state index in [-0.39, 0.29) is 12.2 Å². The Labute approximate surface area is 228 Å². The van der Waals surface area contributed by atoms with Crippen LogP contribution in [0.5, 0.6) is 0 Å². The summed E-state index contributed by atoms with van der Waals surface area (Å²) in [5.41, 5.74) is -29.5. The normalized spacial score (nSPS) is 20.8. The zero-order valence-electron chi connectivity index (χ0n) is 20.2. The average Bonchev–Trinajstić information content (AvgIpc) is 2.79. The molecule has 0 N–H and O–H groups in total. The molecule has 4 atom stereocenters. The molecule has 4 unspecified atom stereocenters. The molecule has 27 heteroatoms. The average molecular weight is 732 g/mol. The van der Waals surface area contributed by atoms with Crippen molar-refractivity contribution in [1.82, 2.24) is 0 Å². The molecular formula is C17H12F24O2Si. The van der Waals surface area contributed by atoms with Crippen LogP contribution in [0.3, 0.4) is 0 Å². The summed E-state index contributed by atoms with van der Waals surface area (Å²) in [7, 11) is -5.91. The first-order chi connectivity index (χ1) is 18.8. The predicted octanol–water partition coefficient (Wildman–Crippen LogP) is 8.70. The van der Waals surface area contributed by atoms with E-state index < -0.39 is 93.9 Å². The van der Waals surface area contributed by atoms with Crippen LogP contribution >= 0.6 is 0 Å². The third kappa shape index (κ3) is 7.11. The van der Waals surface area contributed by atoms with Gasteiger partial charge in [0.25, 0.3) is 11.3 Å². The van der Waals surface area contributed by atoms with Gasteiger partial charge in [0.2, 0.25) is 0 Å². The van der Waals surface area contributed by atoms with Crippen molar-refractivity contribution in [1.29, 1.82) is 0 Å². The second-order valence-corrected chi connectivity index (χ2v) is 11.7. The van der Waals surface area contributed by atoms with E-state index in [2.05, 4.69) is 15.4 Å². The Balaban J connectivity index is 6.82. The summed E-state index contributed by atoms with van der Waals surface area (Å²) in [6, 6.07) is 0. The first-order valence-corrected chi connectivity index (χ1v) is 12.5. The summed E-state index contributed by atoms with van der Waals surface area (Å²) in [5.74, 6) is 0. The maximum Gasteiger partial charge on any atom is 0.434 e. The summed E-state index contributed by atoms with van der Waals surface area (Å²) in [6.07, 6.45) is -58.5. The van der Waals surface area contributed by atoms with Gasteiger partial charge in [0, 0.05) is 0 Å². The molecule has 0 radical (unpaired) electrons. The van der Waals surface area contributed by atoms with E-state index >= 15 is 0 Å². The molecule has 0 aromatic rings. The molecule has 0 rings (SSSR count). The molecular weight excluding hydrogens is 720 g/mol. The minimum Gasteiger partial charge on any atom is -0.388 e. The smallest absolute Gasteiger partial charge is 0.388 e. The van der Waals surface area contributed by atoms with E-state index in [0.29, 0.717) is 0 Å². The van der Waals surface area contributed by atoms with Gasteiger partial charge in [-0.1, -0.05) is 0 Å². The summed E-state index contributed by atoms with van der Waals surface area (Å²) in [5, 5.41) is 0. The molecule has 0 spiro atoms. The number of hydrogen-bond donors (Lipinski definition) is 0. The largest absolute Gasteiger partial charge is 0.434 e. The molecule has 0 saturated carbocycles. The van der Waals surface area contributed by atoms with Crippen molar-refractivity contribution in [3.63, 3.8) is 0 Å². The van der Waals surface area contributed by atoms with Gasteiger partial charge in [-0.3, -0.25) is 0 Å². The van der Waals surface area contributed by atoms with Crippen molar-refractivity contribution in [3.8, 4) is 0 Å². The minimum absolute atomic E-state index is 0.180. The molecule has 2 nitrogen and oxygen atoms in total. The quantitative estimate of drug-likeness (QED) is 0.157. The van der Waals surface area contributed by atoms with Crippen molar-refractivity contribution in [3.05, 3.63) is 12.3 Å². The Morgan fingerprint density at radius 3 is 0.818 bits per heavy atom. The molecule has 264 valence electrons. The second kappa shape index (κ2) is 11.8. The number of halogens is 24. The van der Waals surface area contributed by atoms with Crippen molar-refractivity contribution in [2.45, 2.75) is 78.6 Å². The second-order valence-electron chi connectivity index (χ2n) is 8.66. The highest BCUT2D eigenvalue weighted by Crippen LogP contribution is 2.57. The lowest BCUT2D eigenvalue weighted by atomic mass is 9.86. The fraction of sp³-hybridized carbons (Fsp3) is 0.882. The van der Waals surface area contributed by atoms with E-state index in [1.807, 2.05) is 0 Å². The van der Waals surface area contributed by atoms with Gasteiger partial charge in [-0.2, -0.15) is 79.0 Å². The molecule has 0 fully saturated rings. The molecule has 0 saturated heterocycles. The minimum atomic E-state index is -7.73. The number of rotatable bonds is 11. The maximum absolute atomic E-state index is 14.6. The molecule has 0 aromatic heterocycles. The third-order valence-electron chi connectivity index (χ3n) is 5.60. The molecule has 0 amide bonds. The van der Waals surface area contributed by atoms with Gasteiger partial charge in [-0.25, -0.2) is 26.3 Å². The van der Waals surface area contributed by atoms with Gasteiger partial charge in [-0.05, 0) is 12.2 Å². The highest BCUT2D eigenvalue weighted by molar-refractivity contribution is 6.71. The first-order valence-electron chi connectivity index (χ1n) is 10.1. The van der Waals surface area contributed by atoms with E-state index in [0.717, 1.165) is 0 Å². The zero-order valence-corrected chi connectivity index (χ0v) is 21.2.